The van der Waals surface area contributed by atoms with Gasteiger partial charge in [-0.2, -0.15) is 0 Å². The van der Waals surface area contributed by atoms with E-state index in [4.69, 9.17) is 9.83 Å². The normalized spacial score (nSPS) is 12.7. The van der Waals surface area contributed by atoms with Gasteiger partial charge in [0, 0.05) is 16.8 Å². The molecule has 2 amide bonds. The minimum atomic E-state index is -0.593. The maximum atomic E-state index is 13.9. The molecule has 0 saturated carbocycles. The van der Waals surface area contributed by atoms with Gasteiger partial charge in [-0.15, -0.1) is 11.3 Å². The van der Waals surface area contributed by atoms with Crippen molar-refractivity contribution in [1.82, 2.24) is 14.0 Å². The van der Waals surface area contributed by atoms with Crippen molar-refractivity contribution < 1.29 is 14.0 Å². The van der Waals surface area contributed by atoms with Crippen LogP contribution in [0.3, 0.4) is 0 Å². The first-order valence-corrected chi connectivity index (χ1v) is 14.7. The Morgan fingerprint density at radius 3 is 2.60 bits per heavy atom. The number of benzene rings is 1. The number of hydrogen-bond acceptors (Lipinski definition) is 7. The first-order chi connectivity index (χ1) is 21.0. The van der Waals surface area contributed by atoms with E-state index >= 15 is 0 Å². The molecule has 1 aliphatic rings. The molecule has 0 atom stereocenters. The van der Waals surface area contributed by atoms with Gasteiger partial charge in [0.05, 0.1) is 29.3 Å². The second-order valence-corrected chi connectivity index (χ2v) is 11.4. The minimum absolute atomic E-state index is 0.0189. The number of para-hydroxylation sites is 1. The summed E-state index contributed by atoms with van der Waals surface area (Å²) in [5, 5.41) is 15.6. The molecule has 0 unspecified atom stereocenters. The summed E-state index contributed by atoms with van der Waals surface area (Å²) in [5.74, 6) is -0.351. The number of rotatable bonds is 6. The van der Waals surface area contributed by atoms with Crippen molar-refractivity contribution in [2.24, 2.45) is 0 Å². The van der Waals surface area contributed by atoms with Gasteiger partial charge in [0.2, 0.25) is 0 Å². The first kappa shape index (κ1) is 26.6. The number of amides is 2. The lowest BCUT2D eigenvalue weighted by Crippen LogP contribution is -2.32. The van der Waals surface area contributed by atoms with Gasteiger partial charge >= 0.3 is 0 Å². The smallest absolute Gasteiger partial charge is 0.267 e. The number of thiophene rings is 1. The van der Waals surface area contributed by atoms with E-state index in [0.717, 1.165) is 36.1 Å². The van der Waals surface area contributed by atoms with E-state index < -0.39 is 5.91 Å². The highest BCUT2D eigenvalue weighted by molar-refractivity contribution is 7.17. The van der Waals surface area contributed by atoms with E-state index in [1.165, 1.54) is 32.6 Å². The van der Waals surface area contributed by atoms with Crippen molar-refractivity contribution in [2.45, 2.75) is 32.2 Å². The summed E-state index contributed by atoms with van der Waals surface area (Å²) >= 11 is 1.39. The van der Waals surface area contributed by atoms with Crippen molar-refractivity contribution in [2.75, 3.05) is 10.6 Å². The zero-order valence-electron chi connectivity index (χ0n) is 22.9. The predicted molar refractivity (Wildman–Crippen MR) is 164 cm³/mol. The van der Waals surface area contributed by atoms with E-state index in [-0.39, 0.29) is 40.1 Å². The van der Waals surface area contributed by atoms with E-state index in [0.29, 0.717) is 27.7 Å². The third kappa shape index (κ3) is 4.83. The number of carbonyl (C=O) groups is 2. The van der Waals surface area contributed by atoms with Gasteiger partial charge in [-0.3, -0.25) is 24.2 Å². The monoisotopic (exact) mass is 590 g/mol. The molecule has 43 heavy (non-hydrogen) atoms. The lowest BCUT2D eigenvalue weighted by atomic mass is 9.95. The number of hydrogen-bond donors (Lipinski definition) is 3. The van der Waals surface area contributed by atoms with Gasteiger partial charge in [-0.25, -0.2) is 4.98 Å². The van der Waals surface area contributed by atoms with Crippen molar-refractivity contribution in [1.29, 1.82) is 5.41 Å². The number of fused-ring (bicyclic) bond motifs is 3. The molecular formula is C32H26N6O4S. The van der Waals surface area contributed by atoms with Crippen molar-refractivity contribution >= 4 is 50.5 Å². The number of pyridine rings is 2. The molecule has 5 heterocycles. The summed E-state index contributed by atoms with van der Waals surface area (Å²) in [6.45, 7) is 0.0942. The number of aromatic nitrogens is 3. The Kier molecular flexibility index (Phi) is 6.71. The van der Waals surface area contributed by atoms with Crippen LogP contribution < -0.4 is 21.7 Å². The predicted octanol–water partition coefficient (Wildman–Crippen LogP) is 5.21. The highest BCUT2D eigenvalue weighted by Crippen LogP contribution is 2.38. The van der Waals surface area contributed by atoms with Crippen LogP contribution in [-0.4, -0.2) is 25.8 Å². The van der Waals surface area contributed by atoms with Gasteiger partial charge in [0.15, 0.2) is 0 Å². The molecule has 10 nitrogen and oxygen atoms in total. The lowest BCUT2D eigenvalue weighted by molar-refractivity contribution is 0.102. The fourth-order valence-corrected chi connectivity index (χ4v) is 6.83. The summed E-state index contributed by atoms with van der Waals surface area (Å²) in [5.41, 5.74) is 2.22. The molecule has 0 radical (unpaired) electrons. The maximum Gasteiger partial charge on any atom is 0.267 e. The molecule has 0 saturated heterocycles. The first-order valence-electron chi connectivity index (χ1n) is 13.9. The average molecular weight is 591 g/mol. The molecule has 0 spiro atoms. The lowest BCUT2D eigenvalue weighted by Gasteiger charge is -2.15. The number of aryl methyl sites for hydroxylation is 1. The molecule has 3 N–H and O–H groups in total. The van der Waals surface area contributed by atoms with Crippen LogP contribution in [0.2, 0.25) is 0 Å². The van der Waals surface area contributed by atoms with Crippen LogP contribution >= 0.6 is 11.3 Å². The summed E-state index contributed by atoms with van der Waals surface area (Å²) in [6, 6.07) is 19.3. The molecule has 0 bridgehead atoms. The Hall–Kier alpha value is -5.29. The van der Waals surface area contributed by atoms with Crippen molar-refractivity contribution in [3.8, 4) is 0 Å². The largest absolute Gasteiger partial charge is 0.467 e. The standard InChI is InChI=1S/C32H26N6O4S/c33-27-22(17-23-28(38(27)18-20-11-8-16-42-20)35-25-14-6-7-15-37(25)32(23)41)29(39)36-31-26(21-12-4-5-13-24(21)43-31)30(40)34-19-9-2-1-3-10-19/h1-3,6-11,14-17,33H,4-5,12-13,18H2,(H,34,40)(H,36,39). The van der Waals surface area contributed by atoms with Gasteiger partial charge in [0.25, 0.3) is 17.4 Å². The van der Waals surface area contributed by atoms with E-state index in [1.54, 1.807) is 36.5 Å². The molecular weight excluding hydrogens is 564 g/mol. The quantitative estimate of drug-likeness (QED) is 0.229. The summed E-state index contributed by atoms with van der Waals surface area (Å²) in [6.07, 6.45) is 6.69. The Morgan fingerprint density at radius 1 is 0.977 bits per heavy atom. The number of nitrogens with one attached hydrogen (secondary N) is 3. The number of furan rings is 1. The van der Waals surface area contributed by atoms with Crippen LogP contribution in [0.15, 0.2) is 88.4 Å². The molecule has 0 aliphatic heterocycles. The SMILES string of the molecule is N=c1c(C(=O)Nc2sc3c(c2C(=O)Nc2ccccc2)CCCC3)cc2c(=O)n3ccccc3nc2n1Cc1ccco1. The fraction of sp³-hybridized carbons (Fsp3) is 0.156. The number of anilines is 2. The molecule has 0 fully saturated rings. The zero-order valence-corrected chi connectivity index (χ0v) is 23.7. The maximum absolute atomic E-state index is 13.9. The Bertz CT molecular complexity index is 2140. The topological polar surface area (TPSA) is 134 Å². The molecule has 1 aliphatic carbocycles. The van der Waals surface area contributed by atoms with Crippen molar-refractivity contribution in [3.63, 3.8) is 0 Å². The average Bonchev–Trinajstić information content (AvgIpc) is 3.67. The van der Waals surface area contributed by atoms with Crippen LogP contribution in [0.4, 0.5) is 10.7 Å². The number of carbonyl (C=O) groups excluding carboxylic acids is 2. The zero-order chi connectivity index (χ0) is 29.5. The molecule has 214 valence electrons. The molecule has 7 rings (SSSR count). The third-order valence-corrected chi connectivity index (χ3v) is 8.82. The third-order valence-electron chi connectivity index (χ3n) is 7.61. The Morgan fingerprint density at radius 2 is 1.79 bits per heavy atom. The second kappa shape index (κ2) is 10.8. The van der Waals surface area contributed by atoms with Crippen LogP contribution in [-0.2, 0) is 19.4 Å². The van der Waals surface area contributed by atoms with Crippen LogP contribution in [0.25, 0.3) is 16.7 Å². The van der Waals surface area contributed by atoms with Crippen LogP contribution in [0.5, 0.6) is 0 Å². The molecule has 6 aromatic rings. The fourth-order valence-electron chi connectivity index (χ4n) is 5.55. The number of nitrogens with zero attached hydrogens (tertiary/aromatic N) is 3. The molecule has 5 aromatic heterocycles. The highest BCUT2D eigenvalue weighted by atomic mass is 32.1. The van der Waals surface area contributed by atoms with Gasteiger partial charge < -0.3 is 19.6 Å². The molecule has 11 heteroatoms. The highest BCUT2D eigenvalue weighted by Gasteiger charge is 2.28. The summed E-state index contributed by atoms with van der Waals surface area (Å²) in [7, 11) is 0. The summed E-state index contributed by atoms with van der Waals surface area (Å²) < 4.78 is 8.44. The minimum Gasteiger partial charge on any atom is -0.467 e. The van der Waals surface area contributed by atoms with Crippen LogP contribution in [0.1, 0.15) is 49.8 Å². The van der Waals surface area contributed by atoms with Gasteiger partial charge in [-0.1, -0.05) is 24.3 Å². The van der Waals surface area contributed by atoms with Gasteiger partial charge in [-0.05, 0) is 73.7 Å². The summed E-state index contributed by atoms with van der Waals surface area (Å²) in [4.78, 5) is 46.8. The van der Waals surface area contributed by atoms with E-state index in [2.05, 4.69) is 15.6 Å². The van der Waals surface area contributed by atoms with Crippen LogP contribution in [0, 0.1) is 5.41 Å². The Balaban J connectivity index is 1.34. The van der Waals surface area contributed by atoms with Crippen molar-refractivity contribution in [3.05, 3.63) is 122 Å². The second-order valence-electron chi connectivity index (χ2n) is 10.3. The molecule has 1 aromatic carbocycles. The Labute approximate surface area is 248 Å². The van der Waals surface area contributed by atoms with Gasteiger partial charge in [0.1, 0.15) is 27.5 Å². The van der Waals surface area contributed by atoms with E-state index in [1.807, 2.05) is 30.3 Å². The van der Waals surface area contributed by atoms with E-state index in [9.17, 15) is 14.4 Å².